The minimum atomic E-state index is 0.0344. The van der Waals surface area contributed by atoms with E-state index in [-0.39, 0.29) is 18.0 Å². The van der Waals surface area contributed by atoms with Gasteiger partial charge in [0.1, 0.15) is 0 Å². The molecule has 2 heteroatoms. The first-order valence-corrected chi connectivity index (χ1v) is 8.87. The summed E-state index contributed by atoms with van der Waals surface area (Å²) in [6.07, 6.45) is 12.0. The molecule has 0 saturated heterocycles. The van der Waals surface area contributed by atoms with E-state index in [9.17, 15) is 4.79 Å². The summed E-state index contributed by atoms with van der Waals surface area (Å²) >= 11 is 0. The number of carbonyl (C=O) groups excluding carboxylic acids is 1. The van der Waals surface area contributed by atoms with E-state index < -0.39 is 0 Å². The zero-order chi connectivity index (χ0) is 14.1. The molecular weight excluding hydrogens is 248 g/mol. The fraction of sp³-hybridized carbons (Fsp3) is 0.944. The van der Waals surface area contributed by atoms with Crippen molar-refractivity contribution in [2.45, 2.75) is 77.7 Å². The molecule has 0 amide bonds. The number of hydrogen-bond donors (Lipinski definition) is 0. The Morgan fingerprint density at radius 1 is 0.900 bits per heavy atom. The van der Waals surface area contributed by atoms with Gasteiger partial charge in [0.25, 0.3) is 0 Å². The molecule has 114 valence electrons. The summed E-state index contributed by atoms with van der Waals surface area (Å²) in [5, 5.41) is 0. The molecule has 0 bridgehead atoms. The number of esters is 1. The van der Waals surface area contributed by atoms with Gasteiger partial charge < -0.3 is 4.74 Å². The van der Waals surface area contributed by atoms with Gasteiger partial charge in [0.2, 0.25) is 0 Å². The number of rotatable bonds is 2. The molecule has 0 aromatic heterocycles. The summed E-state index contributed by atoms with van der Waals surface area (Å²) in [7, 11) is 0. The first-order chi connectivity index (χ1) is 9.66. The van der Waals surface area contributed by atoms with Crippen LogP contribution in [0.2, 0.25) is 0 Å². The van der Waals surface area contributed by atoms with E-state index in [1.54, 1.807) is 0 Å². The number of fused-ring (bicyclic) bond motifs is 3. The van der Waals surface area contributed by atoms with Crippen molar-refractivity contribution in [2.24, 2.45) is 29.6 Å². The van der Waals surface area contributed by atoms with Gasteiger partial charge >= 0.3 is 5.97 Å². The minimum absolute atomic E-state index is 0.0344. The highest BCUT2D eigenvalue weighted by atomic mass is 16.5. The van der Waals surface area contributed by atoms with Crippen LogP contribution in [-0.4, -0.2) is 12.1 Å². The number of hydrogen-bond acceptors (Lipinski definition) is 2. The topological polar surface area (TPSA) is 26.3 Å². The summed E-state index contributed by atoms with van der Waals surface area (Å²) in [5.41, 5.74) is 0. The van der Waals surface area contributed by atoms with E-state index in [1.807, 2.05) is 13.8 Å². The lowest BCUT2D eigenvalue weighted by atomic mass is 9.62. The Morgan fingerprint density at radius 3 is 2.40 bits per heavy atom. The molecule has 3 aliphatic rings. The van der Waals surface area contributed by atoms with Gasteiger partial charge in [0, 0.05) is 0 Å². The summed E-state index contributed by atoms with van der Waals surface area (Å²) in [4.78, 5) is 12.6. The molecule has 0 spiro atoms. The smallest absolute Gasteiger partial charge is 0.309 e. The zero-order valence-electron chi connectivity index (χ0n) is 13.1. The molecule has 3 aliphatic carbocycles. The molecule has 0 heterocycles. The molecule has 5 atom stereocenters. The van der Waals surface area contributed by atoms with Gasteiger partial charge in [-0.1, -0.05) is 32.1 Å². The predicted octanol–water partition coefficient (Wildman–Crippen LogP) is 4.57. The van der Waals surface area contributed by atoms with Gasteiger partial charge in [0.05, 0.1) is 12.0 Å². The third kappa shape index (κ3) is 2.76. The van der Waals surface area contributed by atoms with Gasteiger partial charge in [-0.15, -0.1) is 0 Å². The third-order valence-corrected chi connectivity index (χ3v) is 6.12. The van der Waals surface area contributed by atoms with Gasteiger partial charge in [0.15, 0.2) is 0 Å². The molecular formula is C18H30O2. The summed E-state index contributed by atoms with van der Waals surface area (Å²) in [5.74, 6) is 3.52. The van der Waals surface area contributed by atoms with Crippen molar-refractivity contribution in [3.63, 3.8) is 0 Å². The average Bonchev–Trinajstić information content (AvgIpc) is 2.76. The molecule has 3 fully saturated rings. The van der Waals surface area contributed by atoms with E-state index in [2.05, 4.69) is 0 Å². The summed E-state index contributed by atoms with van der Waals surface area (Å²) in [6.45, 7) is 3.96. The molecule has 5 unspecified atom stereocenters. The van der Waals surface area contributed by atoms with E-state index in [1.165, 1.54) is 51.4 Å². The van der Waals surface area contributed by atoms with Gasteiger partial charge in [-0.05, 0) is 63.2 Å². The third-order valence-electron chi connectivity index (χ3n) is 6.12. The zero-order valence-corrected chi connectivity index (χ0v) is 13.1. The van der Waals surface area contributed by atoms with Crippen molar-refractivity contribution in [2.75, 3.05) is 0 Å². The maximum absolute atomic E-state index is 12.6. The van der Waals surface area contributed by atoms with E-state index >= 15 is 0 Å². The Hall–Kier alpha value is -0.530. The van der Waals surface area contributed by atoms with Crippen LogP contribution >= 0.6 is 0 Å². The van der Waals surface area contributed by atoms with Crippen molar-refractivity contribution >= 4 is 5.97 Å². The Kier molecular flexibility index (Phi) is 4.37. The Morgan fingerprint density at radius 2 is 1.60 bits per heavy atom. The molecule has 0 aliphatic heterocycles. The minimum Gasteiger partial charge on any atom is -0.463 e. The van der Waals surface area contributed by atoms with E-state index in [0.29, 0.717) is 5.92 Å². The molecule has 20 heavy (non-hydrogen) atoms. The number of carbonyl (C=O) groups is 1. The Balaban J connectivity index is 1.80. The molecule has 3 saturated carbocycles. The van der Waals surface area contributed by atoms with Crippen LogP contribution in [0, 0.1) is 29.6 Å². The van der Waals surface area contributed by atoms with Crippen LogP contribution in [0.15, 0.2) is 0 Å². The second-order valence-electron chi connectivity index (χ2n) is 7.65. The van der Waals surface area contributed by atoms with Crippen LogP contribution in [-0.2, 0) is 9.53 Å². The highest BCUT2D eigenvalue weighted by molar-refractivity contribution is 5.73. The van der Waals surface area contributed by atoms with Crippen molar-refractivity contribution in [3.8, 4) is 0 Å². The predicted molar refractivity (Wildman–Crippen MR) is 80.2 cm³/mol. The number of ether oxygens (including phenoxy) is 1. The fourth-order valence-corrected chi connectivity index (χ4v) is 5.42. The summed E-state index contributed by atoms with van der Waals surface area (Å²) in [6, 6.07) is 0. The highest BCUT2D eigenvalue weighted by Crippen LogP contribution is 2.53. The van der Waals surface area contributed by atoms with Crippen LogP contribution in [0.5, 0.6) is 0 Å². The largest absolute Gasteiger partial charge is 0.463 e. The second kappa shape index (κ2) is 6.07. The molecule has 0 aromatic rings. The lowest BCUT2D eigenvalue weighted by Gasteiger charge is -2.42. The van der Waals surface area contributed by atoms with Gasteiger partial charge in [-0.25, -0.2) is 0 Å². The fourth-order valence-electron chi connectivity index (χ4n) is 5.42. The van der Waals surface area contributed by atoms with E-state index in [0.717, 1.165) is 24.2 Å². The van der Waals surface area contributed by atoms with Gasteiger partial charge in [-0.3, -0.25) is 4.79 Å². The lowest BCUT2D eigenvalue weighted by molar-refractivity contribution is -0.157. The van der Waals surface area contributed by atoms with Crippen LogP contribution < -0.4 is 0 Å². The van der Waals surface area contributed by atoms with Crippen molar-refractivity contribution in [1.29, 1.82) is 0 Å². The molecule has 0 aromatic carbocycles. The normalized spacial score (nSPS) is 40.9. The summed E-state index contributed by atoms with van der Waals surface area (Å²) < 4.78 is 5.60. The maximum Gasteiger partial charge on any atom is 0.309 e. The van der Waals surface area contributed by atoms with E-state index in [4.69, 9.17) is 4.74 Å². The first kappa shape index (κ1) is 14.4. The average molecular weight is 278 g/mol. The standard InChI is InChI=1S/C18H30O2/c1-12(2)20-18(19)16-8-4-3-6-14-11-10-13-7-5-9-15(13)17(14)16/h12-17H,3-11H2,1-2H3. The van der Waals surface area contributed by atoms with Crippen LogP contribution in [0.1, 0.15) is 71.6 Å². The Labute approximate surface area is 123 Å². The monoisotopic (exact) mass is 278 g/mol. The molecule has 2 nitrogen and oxygen atoms in total. The molecule has 3 rings (SSSR count). The first-order valence-electron chi connectivity index (χ1n) is 8.87. The molecule has 0 radical (unpaired) electrons. The molecule has 0 N–H and O–H groups in total. The van der Waals surface area contributed by atoms with Gasteiger partial charge in [-0.2, -0.15) is 0 Å². The maximum atomic E-state index is 12.6. The Bertz CT molecular complexity index is 349. The van der Waals surface area contributed by atoms with Crippen molar-refractivity contribution < 1.29 is 9.53 Å². The van der Waals surface area contributed by atoms with Crippen molar-refractivity contribution in [1.82, 2.24) is 0 Å². The van der Waals surface area contributed by atoms with Crippen LogP contribution in [0.3, 0.4) is 0 Å². The van der Waals surface area contributed by atoms with Crippen LogP contribution in [0.4, 0.5) is 0 Å². The SMILES string of the molecule is CC(C)OC(=O)C1CCCCC2CCC3CCCC3C21. The van der Waals surface area contributed by atoms with Crippen LogP contribution in [0.25, 0.3) is 0 Å². The second-order valence-corrected chi connectivity index (χ2v) is 7.65. The van der Waals surface area contributed by atoms with Crippen molar-refractivity contribution in [3.05, 3.63) is 0 Å². The quantitative estimate of drug-likeness (QED) is 0.692. The highest BCUT2D eigenvalue weighted by Gasteiger charge is 2.47. The lowest BCUT2D eigenvalue weighted by Crippen LogP contribution is -2.40.